The minimum Gasteiger partial charge on any atom is -0.467 e. The Labute approximate surface area is 118 Å². The van der Waals surface area contributed by atoms with Gasteiger partial charge < -0.3 is 4.42 Å². The molecule has 1 heterocycles. The fourth-order valence-electron chi connectivity index (χ4n) is 2.11. The van der Waals surface area contributed by atoms with Gasteiger partial charge in [0.15, 0.2) is 0 Å². The molecule has 0 aliphatic carbocycles. The Morgan fingerprint density at radius 2 is 2.15 bits per heavy atom. The van der Waals surface area contributed by atoms with E-state index in [0.717, 1.165) is 12.3 Å². The number of carbonyl (C=O) groups excluding carboxylic acids is 1. The lowest BCUT2D eigenvalue weighted by Gasteiger charge is -2.15. The number of furan rings is 1. The molecule has 3 N–H and O–H groups in total. The van der Waals surface area contributed by atoms with Crippen molar-refractivity contribution in [3.63, 3.8) is 0 Å². The van der Waals surface area contributed by atoms with Crippen LogP contribution in [0.5, 0.6) is 0 Å². The van der Waals surface area contributed by atoms with Crippen molar-refractivity contribution in [2.24, 2.45) is 5.84 Å². The molecule has 0 unspecified atom stereocenters. The van der Waals surface area contributed by atoms with Gasteiger partial charge in [-0.3, -0.25) is 15.1 Å². The predicted octanol–water partition coefficient (Wildman–Crippen LogP) is 1.82. The Kier molecular flexibility index (Phi) is 4.55. The highest BCUT2D eigenvalue weighted by Crippen LogP contribution is 2.12. The van der Waals surface area contributed by atoms with E-state index in [1.54, 1.807) is 6.07 Å². The van der Waals surface area contributed by atoms with Gasteiger partial charge >= 0.3 is 0 Å². The standard InChI is InChI=1S/C15H19N3O2/c1-11-4-3-5-12(6-11)8-18(2)9-14-7-13(10-20-14)15(19)17-16/h3-7,10H,8-9,16H2,1-2H3,(H,17,19). The van der Waals surface area contributed by atoms with Crippen molar-refractivity contribution in [2.75, 3.05) is 7.05 Å². The Hall–Kier alpha value is -2.11. The number of nitrogen functional groups attached to an aromatic ring is 1. The lowest BCUT2D eigenvalue weighted by Crippen LogP contribution is -2.29. The van der Waals surface area contributed by atoms with E-state index >= 15 is 0 Å². The van der Waals surface area contributed by atoms with Gasteiger partial charge in [-0.1, -0.05) is 29.8 Å². The first-order chi connectivity index (χ1) is 9.58. The van der Waals surface area contributed by atoms with Crippen molar-refractivity contribution in [1.29, 1.82) is 0 Å². The molecule has 1 aromatic heterocycles. The van der Waals surface area contributed by atoms with Gasteiger partial charge in [0.1, 0.15) is 12.0 Å². The minimum atomic E-state index is -0.346. The number of nitrogens with two attached hydrogens (primary N) is 1. The fraction of sp³-hybridized carbons (Fsp3) is 0.267. The van der Waals surface area contributed by atoms with E-state index in [4.69, 9.17) is 10.3 Å². The zero-order chi connectivity index (χ0) is 14.5. The SMILES string of the molecule is Cc1cccc(CN(C)Cc2cc(C(=O)NN)co2)c1. The van der Waals surface area contributed by atoms with Gasteiger partial charge in [0.25, 0.3) is 5.91 Å². The van der Waals surface area contributed by atoms with Gasteiger partial charge in [0.05, 0.1) is 12.1 Å². The number of benzene rings is 1. The summed E-state index contributed by atoms with van der Waals surface area (Å²) in [5.74, 6) is 5.47. The average molecular weight is 273 g/mol. The zero-order valence-electron chi connectivity index (χ0n) is 11.7. The zero-order valence-corrected chi connectivity index (χ0v) is 11.7. The van der Waals surface area contributed by atoms with Crippen LogP contribution in [-0.4, -0.2) is 17.9 Å². The lowest BCUT2D eigenvalue weighted by molar-refractivity contribution is 0.0953. The van der Waals surface area contributed by atoms with E-state index in [2.05, 4.69) is 41.5 Å². The van der Waals surface area contributed by atoms with Crippen molar-refractivity contribution in [3.05, 3.63) is 59.0 Å². The molecule has 0 bridgehead atoms. The molecule has 20 heavy (non-hydrogen) atoms. The predicted molar refractivity (Wildman–Crippen MR) is 76.7 cm³/mol. The van der Waals surface area contributed by atoms with Gasteiger partial charge in [0.2, 0.25) is 0 Å². The monoisotopic (exact) mass is 273 g/mol. The van der Waals surface area contributed by atoms with E-state index in [9.17, 15) is 4.79 Å². The van der Waals surface area contributed by atoms with E-state index in [1.165, 1.54) is 17.4 Å². The topological polar surface area (TPSA) is 71.5 Å². The highest BCUT2D eigenvalue weighted by atomic mass is 16.3. The molecule has 0 saturated carbocycles. The summed E-state index contributed by atoms with van der Waals surface area (Å²) in [5.41, 5.74) is 5.01. The first kappa shape index (κ1) is 14.3. The molecule has 5 heteroatoms. The molecule has 0 aliphatic rings. The summed E-state index contributed by atoms with van der Waals surface area (Å²) >= 11 is 0. The molecule has 2 aromatic rings. The number of carbonyl (C=O) groups is 1. The summed E-state index contributed by atoms with van der Waals surface area (Å²) in [7, 11) is 2.01. The summed E-state index contributed by atoms with van der Waals surface area (Å²) in [6, 6.07) is 10.1. The number of nitrogens with one attached hydrogen (secondary N) is 1. The smallest absolute Gasteiger partial charge is 0.268 e. The normalized spacial score (nSPS) is 10.8. The number of hydrogen-bond acceptors (Lipinski definition) is 4. The molecule has 0 atom stereocenters. The van der Waals surface area contributed by atoms with Crippen LogP contribution in [0, 0.1) is 6.92 Å². The number of aryl methyl sites for hydroxylation is 1. The van der Waals surface area contributed by atoms with E-state index < -0.39 is 0 Å². The van der Waals surface area contributed by atoms with Crippen LogP contribution in [0.4, 0.5) is 0 Å². The van der Waals surface area contributed by atoms with Crippen LogP contribution in [0.15, 0.2) is 41.0 Å². The molecule has 2 rings (SSSR count). The van der Waals surface area contributed by atoms with Crippen molar-refractivity contribution in [1.82, 2.24) is 10.3 Å². The van der Waals surface area contributed by atoms with E-state index in [0.29, 0.717) is 12.1 Å². The summed E-state index contributed by atoms with van der Waals surface area (Å²) < 4.78 is 5.36. The first-order valence-corrected chi connectivity index (χ1v) is 6.41. The van der Waals surface area contributed by atoms with Crippen LogP contribution in [-0.2, 0) is 13.1 Å². The summed E-state index contributed by atoms with van der Waals surface area (Å²) in [4.78, 5) is 13.5. The van der Waals surface area contributed by atoms with Gasteiger partial charge in [-0.15, -0.1) is 0 Å². The molecule has 0 radical (unpaired) electrons. The van der Waals surface area contributed by atoms with Crippen LogP contribution >= 0.6 is 0 Å². The van der Waals surface area contributed by atoms with Crippen LogP contribution in [0.25, 0.3) is 0 Å². The van der Waals surface area contributed by atoms with Gasteiger partial charge in [-0.05, 0) is 25.6 Å². The molecule has 0 spiro atoms. The summed E-state index contributed by atoms with van der Waals surface area (Å²) in [5, 5.41) is 0. The number of nitrogens with zero attached hydrogens (tertiary/aromatic N) is 1. The molecule has 0 fully saturated rings. The Bertz CT molecular complexity index is 592. The largest absolute Gasteiger partial charge is 0.467 e. The van der Waals surface area contributed by atoms with Crippen molar-refractivity contribution in [3.8, 4) is 0 Å². The minimum absolute atomic E-state index is 0.346. The van der Waals surface area contributed by atoms with Crippen LogP contribution < -0.4 is 11.3 Å². The van der Waals surface area contributed by atoms with Crippen LogP contribution in [0.3, 0.4) is 0 Å². The Morgan fingerprint density at radius 1 is 1.35 bits per heavy atom. The third-order valence-corrected chi connectivity index (χ3v) is 3.01. The highest BCUT2D eigenvalue weighted by molar-refractivity contribution is 5.93. The third kappa shape index (κ3) is 3.69. The second kappa shape index (κ2) is 6.36. The van der Waals surface area contributed by atoms with Gasteiger partial charge in [-0.25, -0.2) is 5.84 Å². The number of hydrazine groups is 1. The molecule has 5 nitrogen and oxygen atoms in total. The van der Waals surface area contributed by atoms with Crippen molar-refractivity contribution >= 4 is 5.91 Å². The van der Waals surface area contributed by atoms with Crippen LogP contribution in [0.1, 0.15) is 27.2 Å². The highest BCUT2D eigenvalue weighted by Gasteiger charge is 2.10. The van der Waals surface area contributed by atoms with E-state index in [-0.39, 0.29) is 5.91 Å². The third-order valence-electron chi connectivity index (χ3n) is 3.01. The molecule has 0 saturated heterocycles. The molecule has 106 valence electrons. The molecular formula is C15H19N3O2. The molecule has 1 aromatic carbocycles. The lowest BCUT2D eigenvalue weighted by atomic mass is 10.1. The summed E-state index contributed by atoms with van der Waals surface area (Å²) in [6.07, 6.45) is 1.41. The molecule has 0 aliphatic heterocycles. The van der Waals surface area contributed by atoms with Crippen LogP contribution in [0.2, 0.25) is 0 Å². The van der Waals surface area contributed by atoms with Gasteiger partial charge in [0, 0.05) is 6.54 Å². The van der Waals surface area contributed by atoms with E-state index in [1.807, 2.05) is 7.05 Å². The number of hydrogen-bond donors (Lipinski definition) is 2. The number of rotatable bonds is 5. The fourth-order valence-corrected chi connectivity index (χ4v) is 2.11. The quantitative estimate of drug-likeness (QED) is 0.495. The Morgan fingerprint density at radius 3 is 2.85 bits per heavy atom. The Balaban J connectivity index is 1.96. The van der Waals surface area contributed by atoms with Crippen molar-refractivity contribution < 1.29 is 9.21 Å². The maximum atomic E-state index is 11.3. The average Bonchev–Trinajstić information content (AvgIpc) is 2.86. The van der Waals surface area contributed by atoms with Gasteiger partial charge in [-0.2, -0.15) is 0 Å². The van der Waals surface area contributed by atoms with Crippen molar-refractivity contribution in [2.45, 2.75) is 20.0 Å². The maximum Gasteiger partial charge on any atom is 0.268 e. The maximum absolute atomic E-state index is 11.3. The molecule has 1 amide bonds. The molecular weight excluding hydrogens is 254 g/mol. The summed E-state index contributed by atoms with van der Waals surface area (Å²) in [6.45, 7) is 3.53. The number of amides is 1. The second-order valence-electron chi connectivity index (χ2n) is 4.94. The first-order valence-electron chi connectivity index (χ1n) is 6.41. The second-order valence-corrected chi connectivity index (χ2v) is 4.94.